The SMILES string of the molecule is COC(=O)c1cc(Cl)nc(C2CN(c3cc(C(=O)OC)cc(Cl)n3)CCN2OC(=O)C(C)(C)C)c1. The number of ether oxygens (including phenoxy) is 2. The molecule has 188 valence electrons. The molecule has 10 nitrogen and oxygen atoms in total. The number of hydrogen-bond donors (Lipinski definition) is 0. The van der Waals surface area contributed by atoms with Crippen LogP contribution in [0.2, 0.25) is 10.3 Å². The highest BCUT2D eigenvalue weighted by Crippen LogP contribution is 2.31. The number of hydroxylamine groups is 2. The number of esters is 2. The Labute approximate surface area is 213 Å². The lowest BCUT2D eigenvalue weighted by molar-refractivity contribution is -0.214. The zero-order valence-electron chi connectivity index (χ0n) is 20.0. The number of halogens is 2. The van der Waals surface area contributed by atoms with Crippen LogP contribution < -0.4 is 4.90 Å². The van der Waals surface area contributed by atoms with Gasteiger partial charge in [-0.1, -0.05) is 23.2 Å². The highest BCUT2D eigenvalue weighted by molar-refractivity contribution is 6.30. The van der Waals surface area contributed by atoms with Crippen molar-refractivity contribution in [3.05, 3.63) is 51.4 Å². The lowest BCUT2D eigenvalue weighted by Gasteiger charge is -2.41. The van der Waals surface area contributed by atoms with E-state index in [0.717, 1.165) is 0 Å². The highest BCUT2D eigenvalue weighted by atomic mass is 35.5. The predicted molar refractivity (Wildman–Crippen MR) is 128 cm³/mol. The minimum atomic E-state index is -0.745. The maximum absolute atomic E-state index is 12.7. The van der Waals surface area contributed by atoms with E-state index in [1.54, 1.807) is 26.8 Å². The zero-order chi connectivity index (χ0) is 25.9. The Morgan fingerprint density at radius 3 is 2.06 bits per heavy atom. The van der Waals surface area contributed by atoms with Crippen LogP contribution in [-0.4, -0.2) is 66.8 Å². The topological polar surface area (TPSA) is 111 Å². The summed E-state index contributed by atoms with van der Waals surface area (Å²) >= 11 is 12.4. The van der Waals surface area contributed by atoms with Gasteiger partial charge >= 0.3 is 17.9 Å². The summed E-state index contributed by atoms with van der Waals surface area (Å²) < 4.78 is 9.61. The molecule has 1 atom stereocenters. The van der Waals surface area contributed by atoms with E-state index in [1.165, 1.54) is 37.5 Å². The van der Waals surface area contributed by atoms with Gasteiger partial charge in [-0.3, -0.25) is 0 Å². The highest BCUT2D eigenvalue weighted by Gasteiger charge is 2.36. The minimum absolute atomic E-state index is 0.0796. The molecule has 2 aromatic rings. The first-order valence-electron chi connectivity index (χ1n) is 10.7. The summed E-state index contributed by atoms with van der Waals surface area (Å²) in [4.78, 5) is 53.2. The number of carbonyl (C=O) groups is 3. The number of pyridine rings is 2. The van der Waals surface area contributed by atoms with Gasteiger partial charge in [-0.05, 0) is 45.0 Å². The third kappa shape index (κ3) is 6.39. The molecule has 0 bridgehead atoms. The van der Waals surface area contributed by atoms with E-state index >= 15 is 0 Å². The van der Waals surface area contributed by atoms with Gasteiger partial charge in [0.2, 0.25) is 0 Å². The van der Waals surface area contributed by atoms with Gasteiger partial charge < -0.3 is 19.2 Å². The van der Waals surface area contributed by atoms with Crippen LogP contribution in [0, 0.1) is 5.41 Å². The lowest BCUT2D eigenvalue weighted by Crippen LogP contribution is -2.50. The van der Waals surface area contributed by atoms with E-state index in [9.17, 15) is 14.4 Å². The Bertz CT molecular complexity index is 1140. The number of aromatic nitrogens is 2. The van der Waals surface area contributed by atoms with Crippen molar-refractivity contribution in [3.8, 4) is 0 Å². The molecule has 0 aromatic carbocycles. The number of nitrogens with zero attached hydrogens (tertiary/aromatic N) is 4. The van der Waals surface area contributed by atoms with Crippen LogP contribution >= 0.6 is 23.2 Å². The average Bonchev–Trinajstić information content (AvgIpc) is 2.81. The van der Waals surface area contributed by atoms with Gasteiger partial charge in [-0.15, -0.1) is 5.06 Å². The van der Waals surface area contributed by atoms with Crippen LogP contribution in [0.3, 0.4) is 0 Å². The first-order chi connectivity index (χ1) is 16.4. The van der Waals surface area contributed by atoms with Gasteiger partial charge in [0, 0.05) is 13.1 Å². The van der Waals surface area contributed by atoms with Gasteiger partial charge in [0.1, 0.15) is 22.2 Å². The van der Waals surface area contributed by atoms with Crippen molar-refractivity contribution in [1.82, 2.24) is 15.0 Å². The molecule has 0 saturated carbocycles. The smallest absolute Gasteiger partial charge is 0.338 e. The van der Waals surface area contributed by atoms with E-state index in [1.807, 2.05) is 4.90 Å². The standard InChI is InChI=1S/C23H26Cl2N4O6/c1-23(2,3)22(32)35-29-7-6-28(19-11-14(21(31)34-5)10-18(25)27-19)12-16(29)15-8-13(20(30)33-4)9-17(24)26-15/h8-11,16H,6-7,12H2,1-5H3. The van der Waals surface area contributed by atoms with Crippen molar-refractivity contribution >= 4 is 46.9 Å². The normalized spacial score (nSPS) is 16.5. The molecule has 3 heterocycles. The summed E-state index contributed by atoms with van der Waals surface area (Å²) in [5, 5.41) is 1.71. The molecular weight excluding hydrogens is 499 g/mol. The summed E-state index contributed by atoms with van der Waals surface area (Å²) in [6.45, 7) is 6.15. The lowest BCUT2D eigenvalue weighted by atomic mass is 9.98. The molecule has 0 N–H and O–H groups in total. The van der Waals surface area contributed by atoms with Crippen molar-refractivity contribution in [2.45, 2.75) is 26.8 Å². The number of carbonyl (C=O) groups excluding carboxylic acids is 3. The van der Waals surface area contributed by atoms with Crippen LogP contribution in [0.15, 0.2) is 24.3 Å². The molecule has 1 saturated heterocycles. The van der Waals surface area contributed by atoms with Crippen molar-refractivity contribution in [3.63, 3.8) is 0 Å². The van der Waals surface area contributed by atoms with Gasteiger partial charge in [0.05, 0.1) is 43.0 Å². The predicted octanol–water partition coefficient (Wildman–Crippen LogP) is 3.72. The molecular formula is C23H26Cl2N4O6. The number of piperazine rings is 1. The van der Waals surface area contributed by atoms with E-state index < -0.39 is 29.4 Å². The van der Waals surface area contributed by atoms with E-state index in [4.69, 9.17) is 37.5 Å². The minimum Gasteiger partial charge on any atom is -0.465 e. The second-order valence-corrected chi connectivity index (χ2v) is 9.63. The fourth-order valence-corrected chi connectivity index (χ4v) is 3.79. The fourth-order valence-electron chi connectivity index (χ4n) is 3.37. The van der Waals surface area contributed by atoms with Crippen LogP contribution in [0.4, 0.5) is 5.82 Å². The van der Waals surface area contributed by atoms with Gasteiger partial charge in [-0.25, -0.2) is 24.4 Å². The summed E-state index contributed by atoms with van der Waals surface area (Å²) in [6, 6.07) is 5.28. The molecule has 1 aliphatic heterocycles. The fraction of sp³-hybridized carbons (Fsp3) is 0.435. The molecule has 0 radical (unpaired) electrons. The number of rotatable bonds is 5. The Morgan fingerprint density at radius 1 is 0.914 bits per heavy atom. The van der Waals surface area contributed by atoms with Crippen LogP contribution in [-0.2, 0) is 19.1 Å². The molecule has 0 aliphatic carbocycles. The van der Waals surface area contributed by atoms with Crippen molar-refractivity contribution < 1.29 is 28.7 Å². The maximum atomic E-state index is 12.7. The molecule has 12 heteroatoms. The first-order valence-corrected chi connectivity index (χ1v) is 11.4. The Balaban J connectivity index is 2.01. The second kappa shape index (κ2) is 10.8. The number of methoxy groups -OCH3 is 2. The van der Waals surface area contributed by atoms with E-state index in [0.29, 0.717) is 18.1 Å². The van der Waals surface area contributed by atoms with Crippen molar-refractivity contribution in [2.75, 3.05) is 38.8 Å². The van der Waals surface area contributed by atoms with Gasteiger partial charge in [0.25, 0.3) is 0 Å². The average molecular weight is 525 g/mol. The van der Waals surface area contributed by atoms with Crippen LogP contribution in [0.5, 0.6) is 0 Å². The summed E-state index contributed by atoms with van der Waals surface area (Å²) in [5.74, 6) is -1.13. The van der Waals surface area contributed by atoms with Crippen molar-refractivity contribution in [2.24, 2.45) is 5.41 Å². The number of hydrogen-bond acceptors (Lipinski definition) is 10. The van der Waals surface area contributed by atoms with Gasteiger partial charge in [0.15, 0.2) is 0 Å². The zero-order valence-corrected chi connectivity index (χ0v) is 21.5. The van der Waals surface area contributed by atoms with E-state index in [2.05, 4.69) is 9.97 Å². The Kier molecular flexibility index (Phi) is 8.19. The molecule has 1 unspecified atom stereocenters. The molecule has 2 aromatic heterocycles. The Morgan fingerprint density at radius 2 is 1.49 bits per heavy atom. The van der Waals surface area contributed by atoms with Gasteiger partial charge in [-0.2, -0.15) is 0 Å². The maximum Gasteiger partial charge on any atom is 0.338 e. The summed E-state index contributed by atoms with van der Waals surface area (Å²) in [5.41, 5.74) is 0.0921. The largest absolute Gasteiger partial charge is 0.465 e. The van der Waals surface area contributed by atoms with Crippen LogP contribution in [0.25, 0.3) is 0 Å². The molecule has 1 aliphatic rings. The van der Waals surface area contributed by atoms with E-state index in [-0.39, 0.29) is 34.5 Å². The Hall–Kier alpha value is -2.95. The molecule has 0 spiro atoms. The summed E-state index contributed by atoms with van der Waals surface area (Å²) in [7, 11) is 2.54. The summed E-state index contributed by atoms with van der Waals surface area (Å²) in [6.07, 6.45) is 0. The first kappa shape index (κ1) is 26.7. The molecule has 1 fully saturated rings. The van der Waals surface area contributed by atoms with Crippen LogP contribution in [0.1, 0.15) is 53.2 Å². The third-order valence-electron chi connectivity index (χ3n) is 5.25. The molecule has 35 heavy (non-hydrogen) atoms. The number of anilines is 1. The third-order valence-corrected chi connectivity index (χ3v) is 5.63. The molecule has 3 rings (SSSR count). The second-order valence-electron chi connectivity index (χ2n) is 8.85. The quantitative estimate of drug-likeness (QED) is 0.423. The monoisotopic (exact) mass is 524 g/mol. The van der Waals surface area contributed by atoms with Crippen molar-refractivity contribution in [1.29, 1.82) is 0 Å². The molecule has 0 amide bonds.